The summed E-state index contributed by atoms with van der Waals surface area (Å²) in [5.74, 6) is -1.68. The van der Waals surface area contributed by atoms with E-state index in [9.17, 15) is 24.6 Å². The summed E-state index contributed by atoms with van der Waals surface area (Å²) in [6.07, 6.45) is 2.59. The second-order valence-electron chi connectivity index (χ2n) is 10.5. The van der Waals surface area contributed by atoms with Crippen molar-refractivity contribution in [1.82, 2.24) is 16.0 Å². The number of carbonyl (C=O) groups excluding carboxylic acids is 3. The van der Waals surface area contributed by atoms with Crippen LogP contribution in [0.1, 0.15) is 43.2 Å². The average Bonchev–Trinajstić information content (AvgIpc) is 2.95. The maximum absolute atomic E-state index is 13.4. The highest BCUT2D eigenvalue weighted by Gasteiger charge is 2.29. The van der Waals surface area contributed by atoms with Crippen LogP contribution in [0.3, 0.4) is 0 Å². The van der Waals surface area contributed by atoms with Crippen LogP contribution in [0.2, 0.25) is 0 Å². The number of nitrogens with one attached hydrogen (secondary N) is 3. The lowest BCUT2D eigenvalue weighted by Gasteiger charge is -2.24. The predicted molar refractivity (Wildman–Crippen MR) is 155 cm³/mol. The van der Waals surface area contributed by atoms with E-state index in [1.54, 1.807) is 24.3 Å². The van der Waals surface area contributed by atoms with Crippen LogP contribution in [0.25, 0.3) is 11.1 Å². The highest BCUT2D eigenvalue weighted by molar-refractivity contribution is 5.93. The van der Waals surface area contributed by atoms with Gasteiger partial charge in [-0.3, -0.25) is 14.4 Å². The van der Waals surface area contributed by atoms with Crippen LogP contribution < -0.4 is 33.2 Å². The largest absolute Gasteiger partial charge is 0.508 e. The molecule has 0 saturated heterocycles. The summed E-state index contributed by atoms with van der Waals surface area (Å²) < 4.78 is 0. The molecule has 3 rings (SSSR count). The zero-order valence-corrected chi connectivity index (χ0v) is 23.1. The number of aromatic hydroxyl groups is 2. The van der Waals surface area contributed by atoms with Crippen LogP contribution in [-0.2, 0) is 27.2 Å². The fourth-order valence-corrected chi connectivity index (χ4v) is 4.72. The lowest BCUT2D eigenvalue weighted by molar-refractivity contribution is -0.132. The Balaban J connectivity index is 1.94. The number of amides is 3. The molecule has 12 N–H and O–H groups in total. The number of phenolic OH excluding ortho intramolecular Hbond substituents is 2. The summed E-state index contributed by atoms with van der Waals surface area (Å²) >= 11 is 0. The number of phenols is 2. The van der Waals surface area contributed by atoms with Gasteiger partial charge in [-0.15, -0.1) is 0 Å². The van der Waals surface area contributed by atoms with Crippen molar-refractivity contribution in [3.8, 4) is 22.6 Å². The molecule has 0 fully saturated rings. The van der Waals surface area contributed by atoms with Crippen LogP contribution in [0.4, 0.5) is 0 Å². The molecule has 4 atom stereocenters. The van der Waals surface area contributed by atoms with Gasteiger partial charge >= 0.3 is 0 Å². The minimum Gasteiger partial charge on any atom is -0.508 e. The third-order valence-corrected chi connectivity index (χ3v) is 7.19. The molecule has 12 heteroatoms. The smallest absolute Gasteiger partial charge is 0.243 e. The lowest BCUT2D eigenvalue weighted by atomic mass is 9.95. The molecule has 3 amide bonds. The van der Waals surface area contributed by atoms with Gasteiger partial charge in [0.15, 0.2) is 0 Å². The molecule has 4 bridgehead atoms. The SMILES string of the molecule is NCCC[C@@H]1NC(=O)[C@H](N)Cc2cc(ccc2O)-c2ccc(O)c(c2)C[C@@H](C(=O)NCCCC[C@H](N)CO)NC1=O. The summed E-state index contributed by atoms with van der Waals surface area (Å²) in [5, 5.41) is 38.4. The van der Waals surface area contributed by atoms with E-state index in [2.05, 4.69) is 16.0 Å². The molecule has 0 radical (unpaired) electrons. The van der Waals surface area contributed by atoms with Crippen LogP contribution in [-0.4, -0.2) is 76.9 Å². The van der Waals surface area contributed by atoms with Gasteiger partial charge < -0.3 is 48.5 Å². The highest BCUT2D eigenvalue weighted by Crippen LogP contribution is 2.30. The minimum absolute atomic E-state index is 0.0192. The van der Waals surface area contributed by atoms with Crippen molar-refractivity contribution in [2.24, 2.45) is 17.2 Å². The lowest BCUT2D eigenvalue weighted by Crippen LogP contribution is -2.56. The monoisotopic (exact) mass is 570 g/mol. The Morgan fingerprint density at radius 1 is 0.951 bits per heavy atom. The number of aliphatic hydroxyl groups is 1. The van der Waals surface area contributed by atoms with Crippen LogP contribution in [0.5, 0.6) is 11.5 Å². The van der Waals surface area contributed by atoms with Crippen molar-refractivity contribution in [2.45, 2.75) is 69.1 Å². The fourth-order valence-electron chi connectivity index (χ4n) is 4.72. The molecule has 1 aliphatic rings. The van der Waals surface area contributed by atoms with E-state index >= 15 is 0 Å². The van der Waals surface area contributed by atoms with E-state index in [-0.39, 0.29) is 50.0 Å². The number of hydrogen-bond acceptors (Lipinski definition) is 9. The average molecular weight is 571 g/mol. The number of benzene rings is 2. The number of unbranched alkanes of at least 4 members (excludes halogenated alkanes) is 1. The van der Waals surface area contributed by atoms with Gasteiger partial charge in [0.2, 0.25) is 17.7 Å². The topological polar surface area (TPSA) is 226 Å². The summed E-state index contributed by atoms with van der Waals surface area (Å²) in [7, 11) is 0. The van der Waals surface area contributed by atoms with E-state index in [1.807, 2.05) is 0 Å². The number of carbonyl (C=O) groups is 3. The van der Waals surface area contributed by atoms with Crippen molar-refractivity contribution in [2.75, 3.05) is 19.7 Å². The predicted octanol–water partition coefficient (Wildman–Crippen LogP) is -0.495. The van der Waals surface area contributed by atoms with E-state index < -0.39 is 35.8 Å². The molecule has 2 aromatic rings. The molecule has 12 nitrogen and oxygen atoms in total. The second kappa shape index (κ2) is 15.3. The number of fused-ring (bicyclic) bond motifs is 5. The Kier molecular flexibility index (Phi) is 11.9. The Morgan fingerprint density at radius 2 is 1.59 bits per heavy atom. The molecule has 0 unspecified atom stereocenters. The summed E-state index contributed by atoms with van der Waals surface area (Å²) in [6, 6.07) is 6.45. The molecule has 41 heavy (non-hydrogen) atoms. The first-order valence-electron chi connectivity index (χ1n) is 14.0. The Hall–Kier alpha value is -3.71. The molecule has 1 heterocycles. The van der Waals surface area contributed by atoms with Crippen molar-refractivity contribution in [3.63, 3.8) is 0 Å². The van der Waals surface area contributed by atoms with Crippen molar-refractivity contribution in [3.05, 3.63) is 47.5 Å². The quantitative estimate of drug-likeness (QED) is 0.168. The molecule has 0 aromatic heterocycles. The first-order chi connectivity index (χ1) is 19.6. The summed E-state index contributed by atoms with van der Waals surface area (Å²) in [6.45, 7) is 0.506. The normalized spacial score (nSPS) is 20.2. The minimum atomic E-state index is -1.06. The third-order valence-electron chi connectivity index (χ3n) is 7.19. The highest BCUT2D eigenvalue weighted by atomic mass is 16.3. The number of nitrogens with two attached hydrogens (primary N) is 3. The zero-order chi connectivity index (χ0) is 29.9. The molecule has 1 aliphatic heterocycles. The first kappa shape index (κ1) is 31.8. The van der Waals surface area contributed by atoms with Crippen molar-refractivity contribution in [1.29, 1.82) is 0 Å². The van der Waals surface area contributed by atoms with Crippen LogP contribution in [0.15, 0.2) is 36.4 Å². The second-order valence-corrected chi connectivity index (χ2v) is 10.5. The fraction of sp³-hybridized carbons (Fsp3) is 0.483. The van der Waals surface area contributed by atoms with Gasteiger partial charge in [-0.25, -0.2) is 0 Å². The van der Waals surface area contributed by atoms with Gasteiger partial charge in [0.25, 0.3) is 0 Å². The van der Waals surface area contributed by atoms with Crippen molar-refractivity contribution < 1.29 is 29.7 Å². The molecule has 0 aliphatic carbocycles. The van der Waals surface area contributed by atoms with E-state index in [4.69, 9.17) is 22.3 Å². The first-order valence-corrected chi connectivity index (χ1v) is 14.0. The number of rotatable bonds is 10. The van der Waals surface area contributed by atoms with Gasteiger partial charge in [0.05, 0.1) is 12.6 Å². The van der Waals surface area contributed by atoms with E-state index in [1.165, 1.54) is 12.1 Å². The number of hydrogen-bond donors (Lipinski definition) is 9. The summed E-state index contributed by atoms with van der Waals surface area (Å²) in [4.78, 5) is 39.7. The maximum atomic E-state index is 13.4. The van der Waals surface area contributed by atoms with Gasteiger partial charge in [0, 0.05) is 25.4 Å². The van der Waals surface area contributed by atoms with E-state index in [0.29, 0.717) is 54.5 Å². The maximum Gasteiger partial charge on any atom is 0.243 e. The molecular weight excluding hydrogens is 528 g/mol. The van der Waals surface area contributed by atoms with Crippen molar-refractivity contribution >= 4 is 17.7 Å². The van der Waals surface area contributed by atoms with Gasteiger partial charge in [-0.1, -0.05) is 18.6 Å². The third kappa shape index (κ3) is 9.15. The Morgan fingerprint density at radius 3 is 2.20 bits per heavy atom. The Bertz CT molecular complexity index is 1210. The van der Waals surface area contributed by atoms with Gasteiger partial charge in [0.1, 0.15) is 23.6 Å². The molecule has 2 aromatic carbocycles. The zero-order valence-electron chi connectivity index (χ0n) is 23.1. The summed E-state index contributed by atoms with van der Waals surface area (Å²) in [5.41, 5.74) is 19.9. The standard InChI is InChI=1S/C29H42N6O6/c30-10-3-5-23-29(41)35-24(28(40)33-11-2-1-4-21(31)16-36)15-20-13-18(7-9-26(20)38)17-6-8-25(37)19(12-17)14-22(32)27(39)34-23/h6-9,12-13,21-24,36-38H,1-5,10-11,14-16,30-32H2,(H,33,40)(H,34,39)(H,35,41)/t21-,22+,23-,24-/m0/s1. The molecule has 0 saturated carbocycles. The molecule has 0 spiro atoms. The number of aliphatic hydroxyl groups excluding tert-OH is 1. The van der Waals surface area contributed by atoms with Gasteiger partial charge in [-0.2, -0.15) is 0 Å². The molecular formula is C29H42N6O6. The van der Waals surface area contributed by atoms with E-state index in [0.717, 1.165) is 0 Å². The van der Waals surface area contributed by atoms with Crippen LogP contribution in [0, 0.1) is 0 Å². The molecule has 224 valence electrons. The Labute approximate surface area is 239 Å². The van der Waals surface area contributed by atoms with Gasteiger partial charge in [-0.05, 0) is 78.7 Å². The van der Waals surface area contributed by atoms with Crippen LogP contribution >= 0.6 is 0 Å².